The molecule has 1 heterocycles. The third kappa shape index (κ3) is 2.53. The Morgan fingerprint density at radius 1 is 1.05 bits per heavy atom. The average molecular weight is 300 g/mol. The summed E-state index contributed by atoms with van der Waals surface area (Å²) in [7, 11) is 0. The van der Waals surface area contributed by atoms with Crippen LogP contribution in [0.4, 0.5) is 18.9 Å². The highest BCUT2D eigenvalue weighted by molar-refractivity contribution is 8.14. The van der Waals surface area contributed by atoms with Gasteiger partial charge in [-0.3, -0.25) is 4.99 Å². The van der Waals surface area contributed by atoms with Crippen LogP contribution in [0.5, 0.6) is 0 Å². The maximum absolute atomic E-state index is 13.6. The van der Waals surface area contributed by atoms with Gasteiger partial charge in [-0.05, 0) is 25.0 Å². The summed E-state index contributed by atoms with van der Waals surface area (Å²) < 4.78 is 39.7. The Hall–Kier alpha value is -1.17. The smallest absolute Gasteiger partial charge is 0.196 e. The van der Waals surface area contributed by atoms with E-state index in [0.29, 0.717) is 5.17 Å². The fraction of sp³-hybridized carbons (Fsp3) is 0.500. The fourth-order valence-electron chi connectivity index (χ4n) is 2.75. The van der Waals surface area contributed by atoms with Crippen molar-refractivity contribution in [3.8, 4) is 0 Å². The first-order valence-corrected chi connectivity index (χ1v) is 7.71. The summed E-state index contributed by atoms with van der Waals surface area (Å²) in [5, 5.41) is 3.37. The maximum Gasteiger partial charge on any atom is 0.196 e. The molecule has 1 aliphatic carbocycles. The Kier molecular flexibility index (Phi) is 3.67. The van der Waals surface area contributed by atoms with E-state index in [1.165, 1.54) is 24.2 Å². The Balaban J connectivity index is 1.79. The first kappa shape index (κ1) is 13.8. The first-order chi connectivity index (χ1) is 9.60. The molecule has 1 aliphatic heterocycles. The van der Waals surface area contributed by atoms with Crippen molar-refractivity contribution in [2.45, 2.75) is 37.6 Å². The molecule has 2 aliphatic rings. The zero-order valence-corrected chi connectivity index (χ0v) is 11.7. The van der Waals surface area contributed by atoms with Crippen molar-refractivity contribution in [2.75, 3.05) is 11.1 Å². The number of rotatable bonds is 1. The zero-order chi connectivity index (χ0) is 14.2. The number of hydrogen-bond acceptors (Lipinski definition) is 3. The van der Waals surface area contributed by atoms with Crippen LogP contribution in [0.25, 0.3) is 0 Å². The molecule has 1 spiro atoms. The van der Waals surface area contributed by atoms with Gasteiger partial charge in [-0.15, -0.1) is 0 Å². The third-order valence-electron chi connectivity index (χ3n) is 3.88. The summed E-state index contributed by atoms with van der Waals surface area (Å²) in [5.74, 6) is -2.96. The molecule has 1 N–H and O–H groups in total. The van der Waals surface area contributed by atoms with Gasteiger partial charge in [0.2, 0.25) is 0 Å². The van der Waals surface area contributed by atoms with E-state index in [9.17, 15) is 13.2 Å². The Bertz CT molecular complexity index is 554. The van der Waals surface area contributed by atoms with E-state index < -0.39 is 17.5 Å². The van der Waals surface area contributed by atoms with Gasteiger partial charge < -0.3 is 5.32 Å². The first-order valence-electron chi connectivity index (χ1n) is 6.73. The van der Waals surface area contributed by atoms with E-state index in [0.717, 1.165) is 37.5 Å². The van der Waals surface area contributed by atoms with Gasteiger partial charge in [-0.2, -0.15) is 0 Å². The number of nitrogens with zero attached hydrogens (tertiary/aromatic N) is 1. The van der Waals surface area contributed by atoms with Crippen LogP contribution in [0.2, 0.25) is 0 Å². The Labute approximate surface area is 119 Å². The number of hydrogen-bond donors (Lipinski definition) is 1. The molecule has 2 nitrogen and oxygen atoms in total. The van der Waals surface area contributed by atoms with Crippen LogP contribution in [-0.4, -0.2) is 16.5 Å². The van der Waals surface area contributed by atoms with Crippen LogP contribution in [0, 0.1) is 17.5 Å². The lowest BCUT2D eigenvalue weighted by Gasteiger charge is -2.29. The second-order valence-corrected chi connectivity index (χ2v) is 6.30. The molecule has 108 valence electrons. The molecule has 20 heavy (non-hydrogen) atoms. The zero-order valence-electron chi connectivity index (χ0n) is 10.9. The monoisotopic (exact) mass is 300 g/mol. The SMILES string of the molecule is Fc1ccc(NC2=NC3(CCCCC3)CS2)c(F)c1F. The van der Waals surface area contributed by atoms with Crippen molar-refractivity contribution in [3.05, 3.63) is 29.6 Å². The molecule has 6 heteroatoms. The van der Waals surface area contributed by atoms with Gasteiger partial charge in [0.15, 0.2) is 22.6 Å². The van der Waals surface area contributed by atoms with E-state index in [4.69, 9.17) is 0 Å². The number of nitrogens with one attached hydrogen (secondary N) is 1. The van der Waals surface area contributed by atoms with Gasteiger partial charge in [0.05, 0.1) is 11.2 Å². The topological polar surface area (TPSA) is 24.4 Å². The molecule has 0 amide bonds. The fourth-order valence-corrected chi connectivity index (χ4v) is 3.95. The van der Waals surface area contributed by atoms with Crippen LogP contribution in [0.1, 0.15) is 32.1 Å². The van der Waals surface area contributed by atoms with Gasteiger partial charge in [-0.1, -0.05) is 31.0 Å². The second kappa shape index (κ2) is 5.31. The molecule has 0 atom stereocenters. The summed E-state index contributed by atoms with van der Waals surface area (Å²) >= 11 is 1.52. The number of aliphatic imine (C=N–C) groups is 1. The summed E-state index contributed by atoms with van der Waals surface area (Å²) in [6.07, 6.45) is 5.66. The molecule has 0 radical (unpaired) electrons. The van der Waals surface area contributed by atoms with E-state index in [1.807, 2.05) is 0 Å². The second-order valence-electron chi connectivity index (χ2n) is 5.34. The van der Waals surface area contributed by atoms with Gasteiger partial charge in [0, 0.05) is 5.75 Å². The number of anilines is 1. The lowest BCUT2D eigenvalue weighted by molar-refractivity contribution is 0.335. The summed E-state index contributed by atoms with van der Waals surface area (Å²) in [5.41, 5.74) is -0.108. The normalized spacial score (nSPS) is 21.1. The maximum atomic E-state index is 13.6. The lowest BCUT2D eigenvalue weighted by atomic mass is 9.84. The molecule has 1 fully saturated rings. The molecule has 1 aromatic rings. The molecule has 3 rings (SSSR count). The predicted octanol–water partition coefficient (Wildman–Crippen LogP) is 4.32. The minimum absolute atomic E-state index is 0.0414. The quantitative estimate of drug-likeness (QED) is 0.781. The Morgan fingerprint density at radius 3 is 2.55 bits per heavy atom. The number of halogens is 3. The molecule has 0 unspecified atom stereocenters. The third-order valence-corrected chi connectivity index (χ3v) is 5.03. The van der Waals surface area contributed by atoms with Crippen LogP contribution in [0.15, 0.2) is 17.1 Å². The minimum Gasteiger partial charge on any atom is -0.332 e. The van der Waals surface area contributed by atoms with Crippen molar-refractivity contribution in [1.29, 1.82) is 0 Å². The van der Waals surface area contributed by atoms with Crippen LogP contribution >= 0.6 is 11.8 Å². The predicted molar refractivity (Wildman–Crippen MR) is 75.6 cm³/mol. The summed E-state index contributed by atoms with van der Waals surface area (Å²) in [6, 6.07) is 2.11. The highest BCUT2D eigenvalue weighted by Gasteiger charge is 2.36. The number of amidine groups is 1. The Morgan fingerprint density at radius 2 is 1.80 bits per heavy atom. The van der Waals surface area contributed by atoms with Gasteiger partial charge in [-0.25, -0.2) is 13.2 Å². The van der Waals surface area contributed by atoms with Crippen molar-refractivity contribution >= 4 is 22.6 Å². The molecular formula is C14H15F3N2S. The van der Waals surface area contributed by atoms with Crippen molar-refractivity contribution in [2.24, 2.45) is 4.99 Å². The average Bonchev–Trinajstić information content (AvgIpc) is 2.83. The molecular weight excluding hydrogens is 285 g/mol. The standard InChI is InChI=1S/C14H15F3N2S/c15-9-4-5-10(12(17)11(9)16)18-13-19-14(8-20-13)6-2-1-3-7-14/h4-5H,1-3,6-8H2,(H,18,19). The summed E-state index contributed by atoms with van der Waals surface area (Å²) in [4.78, 5) is 4.65. The molecule has 0 aromatic heterocycles. The van der Waals surface area contributed by atoms with Crippen molar-refractivity contribution in [1.82, 2.24) is 0 Å². The highest BCUT2D eigenvalue weighted by atomic mass is 32.2. The van der Waals surface area contributed by atoms with Crippen molar-refractivity contribution < 1.29 is 13.2 Å². The van der Waals surface area contributed by atoms with Crippen molar-refractivity contribution in [3.63, 3.8) is 0 Å². The molecule has 1 saturated carbocycles. The van der Waals surface area contributed by atoms with Crippen LogP contribution < -0.4 is 5.32 Å². The number of benzene rings is 1. The van der Waals surface area contributed by atoms with E-state index in [2.05, 4.69) is 10.3 Å². The molecule has 0 bridgehead atoms. The summed E-state index contributed by atoms with van der Waals surface area (Å²) in [6.45, 7) is 0. The largest absolute Gasteiger partial charge is 0.332 e. The highest BCUT2D eigenvalue weighted by Crippen LogP contribution is 2.40. The minimum atomic E-state index is -1.45. The lowest BCUT2D eigenvalue weighted by Crippen LogP contribution is -2.29. The van der Waals surface area contributed by atoms with Crippen LogP contribution in [0.3, 0.4) is 0 Å². The van der Waals surface area contributed by atoms with Gasteiger partial charge >= 0.3 is 0 Å². The molecule has 1 aromatic carbocycles. The van der Waals surface area contributed by atoms with E-state index in [1.54, 1.807) is 0 Å². The van der Waals surface area contributed by atoms with Gasteiger partial charge in [0.1, 0.15) is 0 Å². The number of thioether (sulfide) groups is 1. The van der Waals surface area contributed by atoms with Gasteiger partial charge in [0.25, 0.3) is 0 Å². The van der Waals surface area contributed by atoms with Crippen LogP contribution in [-0.2, 0) is 0 Å². The van der Waals surface area contributed by atoms with E-state index in [-0.39, 0.29) is 11.2 Å². The van der Waals surface area contributed by atoms with E-state index >= 15 is 0 Å². The molecule has 0 saturated heterocycles.